The van der Waals surface area contributed by atoms with Crippen molar-refractivity contribution in [2.45, 2.75) is 13.0 Å². The lowest BCUT2D eigenvalue weighted by Gasteiger charge is -2.06. The quantitative estimate of drug-likeness (QED) is 0.321. The molecule has 1 aromatic rings. The second-order valence-electron chi connectivity index (χ2n) is 3.89. The Morgan fingerprint density at radius 2 is 2.22 bits per heavy atom. The van der Waals surface area contributed by atoms with Crippen molar-refractivity contribution in [1.29, 1.82) is 0 Å². The number of sulfone groups is 1. The van der Waals surface area contributed by atoms with Crippen LogP contribution in [0.1, 0.15) is 12.0 Å². The standard InChI is InChI=1S/C10H15N3O4S/c1-18(16,17)7-3-6-13-5-2-4-8(10(13)14)9(11)12-15/h2,4-5,15H,3,6-7H2,1H3,(H2,11,12). The van der Waals surface area contributed by atoms with Crippen LogP contribution in [0.3, 0.4) is 0 Å². The monoisotopic (exact) mass is 273 g/mol. The minimum Gasteiger partial charge on any atom is -0.409 e. The van der Waals surface area contributed by atoms with Gasteiger partial charge in [0.25, 0.3) is 5.56 Å². The Morgan fingerprint density at radius 3 is 2.78 bits per heavy atom. The SMILES string of the molecule is CS(=O)(=O)CCCn1cccc(/C(N)=N/O)c1=O. The zero-order valence-corrected chi connectivity index (χ0v) is 10.7. The topological polar surface area (TPSA) is 115 Å². The molecule has 0 amide bonds. The summed E-state index contributed by atoms with van der Waals surface area (Å²) in [6.07, 6.45) is 3.00. The molecule has 1 aromatic heterocycles. The first-order valence-electron chi connectivity index (χ1n) is 5.20. The average Bonchev–Trinajstić information content (AvgIpc) is 2.29. The average molecular weight is 273 g/mol. The van der Waals surface area contributed by atoms with Crippen LogP contribution in [0.15, 0.2) is 28.3 Å². The Bertz CT molecular complexity index is 604. The van der Waals surface area contributed by atoms with Crippen LogP contribution in [-0.4, -0.2) is 36.0 Å². The summed E-state index contributed by atoms with van der Waals surface area (Å²) in [5.74, 6) is -0.259. The maximum atomic E-state index is 11.9. The van der Waals surface area contributed by atoms with Crippen molar-refractivity contribution >= 4 is 15.7 Å². The molecule has 0 aliphatic heterocycles. The van der Waals surface area contributed by atoms with Gasteiger partial charge >= 0.3 is 0 Å². The van der Waals surface area contributed by atoms with Crippen molar-refractivity contribution < 1.29 is 13.6 Å². The van der Waals surface area contributed by atoms with Crippen LogP contribution >= 0.6 is 0 Å². The molecule has 0 atom stereocenters. The third-order valence-corrected chi connectivity index (χ3v) is 3.35. The maximum Gasteiger partial charge on any atom is 0.261 e. The van der Waals surface area contributed by atoms with Crippen LogP contribution in [-0.2, 0) is 16.4 Å². The highest BCUT2D eigenvalue weighted by Gasteiger charge is 2.08. The Kier molecular flexibility index (Phi) is 4.49. The van der Waals surface area contributed by atoms with Crippen molar-refractivity contribution in [1.82, 2.24) is 4.57 Å². The molecule has 100 valence electrons. The number of oxime groups is 1. The number of hydrogen-bond acceptors (Lipinski definition) is 5. The van der Waals surface area contributed by atoms with E-state index < -0.39 is 15.4 Å². The summed E-state index contributed by atoms with van der Waals surface area (Å²) in [5, 5.41) is 11.3. The molecule has 0 radical (unpaired) electrons. The van der Waals surface area contributed by atoms with Crippen LogP contribution in [0.5, 0.6) is 0 Å². The summed E-state index contributed by atoms with van der Waals surface area (Å²) < 4.78 is 23.3. The number of nitrogens with two attached hydrogens (primary N) is 1. The summed E-state index contributed by atoms with van der Waals surface area (Å²) in [4.78, 5) is 11.9. The van der Waals surface area contributed by atoms with E-state index in [-0.39, 0.29) is 23.7 Å². The highest BCUT2D eigenvalue weighted by Crippen LogP contribution is 1.96. The van der Waals surface area contributed by atoms with Crippen LogP contribution < -0.4 is 11.3 Å². The van der Waals surface area contributed by atoms with E-state index in [0.717, 1.165) is 6.26 Å². The summed E-state index contributed by atoms with van der Waals surface area (Å²) in [7, 11) is -3.04. The van der Waals surface area contributed by atoms with E-state index in [0.29, 0.717) is 6.42 Å². The number of pyridine rings is 1. The second kappa shape index (κ2) is 5.67. The fourth-order valence-electron chi connectivity index (χ4n) is 1.46. The first-order chi connectivity index (χ1) is 8.35. The zero-order valence-electron chi connectivity index (χ0n) is 9.91. The third kappa shape index (κ3) is 3.88. The third-order valence-electron chi connectivity index (χ3n) is 2.32. The number of rotatable bonds is 5. The first-order valence-corrected chi connectivity index (χ1v) is 7.26. The summed E-state index contributed by atoms with van der Waals surface area (Å²) in [5.41, 5.74) is 5.02. The van der Waals surface area contributed by atoms with Crippen LogP contribution in [0.2, 0.25) is 0 Å². The molecule has 8 heteroatoms. The van der Waals surface area contributed by atoms with Gasteiger partial charge in [-0.25, -0.2) is 8.42 Å². The lowest BCUT2D eigenvalue weighted by atomic mass is 10.2. The predicted octanol–water partition coefficient (Wildman–Crippen LogP) is -0.622. The molecule has 0 bridgehead atoms. The molecule has 0 saturated carbocycles. The van der Waals surface area contributed by atoms with Gasteiger partial charge < -0.3 is 15.5 Å². The van der Waals surface area contributed by atoms with Gasteiger partial charge in [0, 0.05) is 19.0 Å². The van der Waals surface area contributed by atoms with Gasteiger partial charge in [-0.1, -0.05) is 5.16 Å². The Balaban J connectivity index is 2.89. The molecule has 0 aromatic carbocycles. The minimum absolute atomic E-state index is 0.00718. The molecule has 0 unspecified atom stereocenters. The zero-order chi connectivity index (χ0) is 13.8. The van der Waals surface area contributed by atoms with E-state index in [9.17, 15) is 13.2 Å². The number of nitrogens with zero attached hydrogens (tertiary/aromatic N) is 2. The van der Waals surface area contributed by atoms with E-state index in [1.54, 1.807) is 6.07 Å². The number of aromatic nitrogens is 1. The van der Waals surface area contributed by atoms with Crippen molar-refractivity contribution in [2.75, 3.05) is 12.0 Å². The van der Waals surface area contributed by atoms with E-state index in [2.05, 4.69) is 5.16 Å². The van der Waals surface area contributed by atoms with Crippen molar-refractivity contribution in [3.05, 3.63) is 34.2 Å². The largest absolute Gasteiger partial charge is 0.409 e. The highest BCUT2D eigenvalue weighted by atomic mass is 32.2. The van der Waals surface area contributed by atoms with E-state index in [1.807, 2.05) is 0 Å². The van der Waals surface area contributed by atoms with Crippen LogP contribution in [0, 0.1) is 0 Å². The van der Waals surface area contributed by atoms with Crippen molar-refractivity contribution in [3.63, 3.8) is 0 Å². The predicted molar refractivity (Wildman–Crippen MR) is 67.5 cm³/mol. The Morgan fingerprint density at radius 1 is 1.56 bits per heavy atom. The smallest absolute Gasteiger partial charge is 0.261 e. The van der Waals surface area contributed by atoms with Gasteiger partial charge in [-0.2, -0.15) is 0 Å². The minimum atomic E-state index is -3.04. The molecule has 0 saturated heterocycles. The van der Waals surface area contributed by atoms with Crippen molar-refractivity contribution in [3.8, 4) is 0 Å². The molecular weight excluding hydrogens is 258 g/mol. The molecule has 7 nitrogen and oxygen atoms in total. The van der Waals surface area contributed by atoms with Gasteiger partial charge in [0.1, 0.15) is 9.84 Å². The molecular formula is C10H15N3O4S. The van der Waals surface area contributed by atoms with Gasteiger partial charge in [-0.15, -0.1) is 0 Å². The fourth-order valence-corrected chi connectivity index (χ4v) is 2.11. The molecule has 1 rings (SSSR count). The number of hydrogen-bond donors (Lipinski definition) is 2. The van der Waals surface area contributed by atoms with Gasteiger partial charge in [0.15, 0.2) is 5.84 Å². The summed E-state index contributed by atoms with van der Waals surface area (Å²) >= 11 is 0. The molecule has 1 heterocycles. The number of aryl methyl sites for hydroxylation is 1. The van der Waals surface area contributed by atoms with Gasteiger partial charge in [0.05, 0.1) is 11.3 Å². The normalized spacial score (nSPS) is 12.6. The van der Waals surface area contributed by atoms with E-state index in [4.69, 9.17) is 10.9 Å². The second-order valence-corrected chi connectivity index (χ2v) is 6.15. The molecule has 18 heavy (non-hydrogen) atoms. The Labute approximate surface area is 104 Å². The van der Waals surface area contributed by atoms with E-state index >= 15 is 0 Å². The van der Waals surface area contributed by atoms with Crippen molar-refractivity contribution in [2.24, 2.45) is 10.9 Å². The van der Waals surface area contributed by atoms with E-state index in [1.165, 1.54) is 16.8 Å². The van der Waals surface area contributed by atoms with Gasteiger partial charge in [-0.3, -0.25) is 4.79 Å². The molecule has 0 fully saturated rings. The molecule has 0 aliphatic carbocycles. The fraction of sp³-hybridized carbons (Fsp3) is 0.400. The van der Waals surface area contributed by atoms with Gasteiger partial charge in [-0.05, 0) is 18.6 Å². The lowest BCUT2D eigenvalue weighted by Crippen LogP contribution is -2.30. The molecule has 0 aliphatic rings. The highest BCUT2D eigenvalue weighted by molar-refractivity contribution is 7.90. The first kappa shape index (κ1) is 14.2. The molecule has 3 N–H and O–H groups in total. The van der Waals surface area contributed by atoms with Crippen LogP contribution in [0.4, 0.5) is 0 Å². The Hall–Kier alpha value is -1.83. The summed E-state index contributed by atoms with van der Waals surface area (Å²) in [6, 6.07) is 3.01. The number of amidine groups is 1. The maximum absolute atomic E-state index is 11.9. The summed E-state index contributed by atoms with van der Waals surface area (Å²) in [6.45, 7) is 0.262. The van der Waals surface area contributed by atoms with Gasteiger partial charge in [0.2, 0.25) is 0 Å². The van der Waals surface area contributed by atoms with Crippen LogP contribution in [0.25, 0.3) is 0 Å². The molecule has 0 spiro atoms. The lowest BCUT2D eigenvalue weighted by molar-refractivity contribution is 0.318.